The van der Waals surface area contributed by atoms with Gasteiger partial charge in [0.2, 0.25) is 11.8 Å². The smallest absolute Gasteiger partial charge is 0.264 e. The molecule has 0 fully saturated rings. The van der Waals surface area contributed by atoms with Crippen LogP contribution in [0.15, 0.2) is 83.8 Å². The second-order valence-corrected chi connectivity index (χ2v) is 10.3. The van der Waals surface area contributed by atoms with Crippen molar-refractivity contribution in [3.05, 3.63) is 89.4 Å². The number of amides is 2. The van der Waals surface area contributed by atoms with Gasteiger partial charge in [-0.25, -0.2) is 8.42 Å². The molecule has 0 heterocycles. The summed E-state index contributed by atoms with van der Waals surface area (Å²) in [5, 5.41) is 3.09. The van der Waals surface area contributed by atoms with Crippen molar-refractivity contribution in [1.29, 1.82) is 0 Å². The molecular formula is C26H28ClN3O5S. The van der Waals surface area contributed by atoms with Crippen LogP contribution in [-0.4, -0.2) is 51.9 Å². The Kier molecular flexibility index (Phi) is 8.95. The van der Waals surface area contributed by atoms with Gasteiger partial charge in [0.25, 0.3) is 10.0 Å². The number of halogens is 1. The van der Waals surface area contributed by atoms with Gasteiger partial charge in [-0.3, -0.25) is 13.9 Å². The maximum Gasteiger partial charge on any atom is 0.264 e. The molecule has 0 radical (unpaired) electrons. The SMILES string of the molecule is CNC(=O)[C@H](C)N(Cc1ccc(Cl)cc1)C(=O)CN(c1cccc(OC)c1)S(=O)(=O)c1ccccc1. The van der Waals surface area contributed by atoms with Crippen LogP contribution in [0.1, 0.15) is 12.5 Å². The van der Waals surface area contributed by atoms with Gasteiger partial charge in [-0.05, 0) is 48.9 Å². The summed E-state index contributed by atoms with van der Waals surface area (Å²) in [6, 6.07) is 20.3. The molecule has 3 aromatic carbocycles. The highest BCUT2D eigenvalue weighted by molar-refractivity contribution is 7.92. The van der Waals surface area contributed by atoms with Crippen LogP contribution in [0.5, 0.6) is 5.75 Å². The summed E-state index contributed by atoms with van der Waals surface area (Å²) in [4.78, 5) is 27.5. The number of ether oxygens (including phenoxy) is 1. The molecule has 3 rings (SSSR count). The molecule has 0 aliphatic carbocycles. The number of likely N-dealkylation sites (N-methyl/N-ethyl adjacent to an activating group) is 1. The number of nitrogens with zero attached hydrogens (tertiary/aromatic N) is 2. The van der Waals surface area contributed by atoms with Crippen molar-refractivity contribution in [3.63, 3.8) is 0 Å². The summed E-state index contributed by atoms with van der Waals surface area (Å²) in [7, 11) is -1.18. The minimum absolute atomic E-state index is 0.0317. The van der Waals surface area contributed by atoms with E-state index in [2.05, 4.69) is 5.32 Å². The average Bonchev–Trinajstić information content (AvgIpc) is 2.90. The largest absolute Gasteiger partial charge is 0.497 e. The number of hydrogen-bond donors (Lipinski definition) is 1. The molecule has 36 heavy (non-hydrogen) atoms. The van der Waals surface area contributed by atoms with Crippen LogP contribution in [0.2, 0.25) is 5.02 Å². The van der Waals surface area contributed by atoms with Crippen molar-refractivity contribution in [2.75, 3.05) is 25.0 Å². The molecular weight excluding hydrogens is 502 g/mol. The zero-order valence-electron chi connectivity index (χ0n) is 20.2. The van der Waals surface area contributed by atoms with Crippen molar-refractivity contribution in [2.24, 2.45) is 0 Å². The second-order valence-electron chi connectivity index (χ2n) is 7.96. The molecule has 8 nitrogen and oxygen atoms in total. The zero-order valence-corrected chi connectivity index (χ0v) is 21.8. The Morgan fingerprint density at radius 1 is 1.00 bits per heavy atom. The van der Waals surface area contributed by atoms with Gasteiger partial charge in [-0.15, -0.1) is 0 Å². The molecule has 10 heteroatoms. The van der Waals surface area contributed by atoms with Crippen molar-refractivity contribution in [2.45, 2.75) is 24.4 Å². The standard InChI is InChI=1S/C26H28ClN3O5S/c1-19(26(32)28-2)29(17-20-12-14-21(27)15-13-20)25(31)18-30(22-8-7-9-23(16-22)35-3)36(33,34)24-10-5-4-6-11-24/h4-16,19H,17-18H2,1-3H3,(H,28,32)/t19-/m0/s1. The maximum atomic E-state index is 13.7. The van der Waals surface area contributed by atoms with E-state index in [0.29, 0.717) is 10.8 Å². The molecule has 0 bridgehead atoms. The minimum atomic E-state index is -4.13. The highest BCUT2D eigenvalue weighted by Gasteiger charge is 2.32. The highest BCUT2D eigenvalue weighted by Crippen LogP contribution is 2.27. The van der Waals surface area contributed by atoms with Gasteiger partial charge in [0.15, 0.2) is 0 Å². The summed E-state index contributed by atoms with van der Waals surface area (Å²) in [5.41, 5.74) is 0.993. The van der Waals surface area contributed by atoms with Gasteiger partial charge in [-0.2, -0.15) is 0 Å². The lowest BCUT2D eigenvalue weighted by molar-refractivity contribution is -0.139. The molecule has 3 aromatic rings. The van der Waals surface area contributed by atoms with Gasteiger partial charge in [0.1, 0.15) is 18.3 Å². The summed E-state index contributed by atoms with van der Waals surface area (Å²) in [6.07, 6.45) is 0. The molecule has 0 unspecified atom stereocenters. The maximum absolute atomic E-state index is 13.7. The third-order valence-corrected chi connectivity index (χ3v) is 7.67. The minimum Gasteiger partial charge on any atom is -0.497 e. The first kappa shape index (κ1) is 27.0. The topological polar surface area (TPSA) is 96.0 Å². The second kappa shape index (κ2) is 11.9. The van der Waals surface area contributed by atoms with E-state index in [-0.39, 0.29) is 23.0 Å². The number of sulfonamides is 1. The third kappa shape index (κ3) is 6.35. The van der Waals surface area contributed by atoms with Crippen LogP contribution in [0.25, 0.3) is 0 Å². The van der Waals surface area contributed by atoms with Gasteiger partial charge in [0, 0.05) is 24.7 Å². The lowest BCUT2D eigenvalue weighted by Crippen LogP contribution is -2.50. The number of carbonyl (C=O) groups excluding carboxylic acids is 2. The van der Waals surface area contributed by atoms with Gasteiger partial charge in [-0.1, -0.05) is 48.0 Å². The quantitative estimate of drug-likeness (QED) is 0.432. The number of carbonyl (C=O) groups is 2. The van der Waals surface area contributed by atoms with E-state index in [1.165, 1.54) is 31.2 Å². The number of rotatable bonds is 10. The fourth-order valence-electron chi connectivity index (χ4n) is 3.59. The number of methoxy groups -OCH3 is 1. The molecule has 1 N–H and O–H groups in total. The lowest BCUT2D eigenvalue weighted by atomic mass is 10.1. The van der Waals surface area contributed by atoms with Crippen LogP contribution >= 0.6 is 11.6 Å². The van der Waals surface area contributed by atoms with Crippen molar-refractivity contribution in [3.8, 4) is 5.75 Å². The molecule has 0 aliphatic rings. The van der Waals surface area contributed by atoms with Crippen LogP contribution < -0.4 is 14.4 Å². The van der Waals surface area contributed by atoms with Gasteiger partial charge < -0.3 is 15.0 Å². The van der Waals surface area contributed by atoms with Crippen LogP contribution in [-0.2, 0) is 26.2 Å². The molecule has 1 atom stereocenters. The van der Waals surface area contributed by atoms with Crippen LogP contribution in [0.3, 0.4) is 0 Å². The van der Waals surface area contributed by atoms with E-state index in [1.807, 2.05) is 0 Å². The molecule has 0 saturated carbocycles. The molecule has 2 amide bonds. The first-order chi connectivity index (χ1) is 17.2. The Bertz CT molecular complexity index is 1300. The Hall–Kier alpha value is -3.56. The van der Waals surface area contributed by atoms with E-state index in [1.54, 1.807) is 73.7 Å². The summed E-state index contributed by atoms with van der Waals surface area (Å²) < 4.78 is 33.6. The molecule has 0 saturated heterocycles. The zero-order chi connectivity index (χ0) is 26.3. The fourth-order valence-corrected chi connectivity index (χ4v) is 5.15. The average molecular weight is 530 g/mol. The Morgan fingerprint density at radius 2 is 1.67 bits per heavy atom. The number of nitrogens with one attached hydrogen (secondary N) is 1. The summed E-state index contributed by atoms with van der Waals surface area (Å²) in [6.45, 7) is 1.15. The molecule has 0 aliphatic heterocycles. The lowest BCUT2D eigenvalue weighted by Gasteiger charge is -2.31. The van der Waals surface area contributed by atoms with Crippen molar-refractivity contribution in [1.82, 2.24) is 10.2 Å². The van der Waals surface area contributed by atoms with Crippen LogP contribution in [0.4, 0.5) is 5.69 Å². The normalized spacial score (nSPS) is 11.9. The highest BCUT2D eigenvalue weighted by atomic mass is 35.5. The number of benzene rings is 3. The number of anilines is 1. The van der Waals surface area contributed by atoms with E-state index >= 15 is 0 Å². The Morgan fingerprint density at radius 3 is 2.28 bits per heavy atom. The number of hydrogen-bond acceptors (Lipinski definition) is 5. The van der Waals surface area contributed by atoms with Crippen molar-refractivity contribution >= 4 is 39.1 Å². The van der Waals surface area contributed by atoms with E-state index < -0.39 is 28.5 Å². The molecule has 190 valence electrons. The van der Waals surface area contributed by atoms with Crippen LogP contribution in [0, 0.1) is 0 Å². The Labute approximate surface area is 216 Å². The van der Waals surface area contributed by atoms with Crippen molar-refractivity contribution < 1.29 is 22.7 Å². The summed E-state index contributed by atoms with van der Waals surface area (Å²) in [5.74, 6) is -0.496. The van der Waals surface area contributed by atoms with E-state index in [0.717, 1.165) is 9.87 Å². The monoisotopic (exact) mass is 529 g/mol. The van der Waals surface area contributed by atoms with E-state index in [9.17, 15) is 18.0 Å². The summed E-state index contributed by atoms with van der Waals surface area (Å²) >= 11 is 5.99. The molecule has 0 aromatic heterocycles. The van der Waals surface area contributed by atoms with Gasteiger partial charge >= 0.3 is 0 Å². The third-order valence-electron chi connectivity index (χ3n) is 5.63. The Balaban J connectivity index is 2.03. The predicted octanol–water partition coefficient (Wildman–Crippen LogP) is 3.71. The first-order valence-corrected chi connectivity index (χ1v) is 13.0. The first-order valence-electron chi connectivity index (χ1n) is 11.1. The predicted molar refractivity (Wildman–Crippen MR) is 139 cm³/mol. The molecule has 0 spiro atoms. The van der Waals surface area contributed by atoms with Gasteiger partial charge in [0.05, 0.1) is 17.7 Å². The fraction of sp³-hybridized carbons (Fsp3) is 0.231. The van der Waals surface area contributed by atoms with E-state index in [4.69, 9.17) is 16.3 Å².